The quantitative estimate of drug-likeness (QED) is 0.746. The van der Waals surface area contributed by atoms with Crippen molar-refractivity contribution in [3.8, 4) is 0 Å². The van der Waals surface area contributed by atoms with Crippen molar-refractivity contribution in [3.05, 3.63) is 18.7 Å². The van der Waals surface area contributed by atoms with Crippen LogP contribution in [-0.2, 0) is 0 Å². The molecule has 1 fully saturated rings. The summed E-state index contributed by atoms with van der Waals surface area (Å²) in [5.41, 5.74) is 0. The highest BCUT2D eigenvalue weighted by Gasteiger charge is 2.29. The fourth-order valence-electron chi connectivity index (χ4n) is 2.22. The molecular formula is C11H18N4O. The highest BCUT2D eigenvalue weighted by atomic mass is 16.2. The van der Waals surface area contributed by atoms with Gasteiger partial charge in [-0.2, -0.15) is 0 Å². The molecule has 2 rings (SSSR count). The molecule has 1 aromatic heterocycles. The van der Waals surface area contributed by atoms with Crippen molar-refractivity contribution in [1.82, 2.24) is 19.4 Å². The van der Waals surface area contributed by atoms with Gasteiger partial charge in [0.2, 0.25) is 0 Å². The highest BCUT2D eigenvalue weighted by molar-refractivity contribution is 5.77. The van der Waals surface area contributed by atoms with E-state index in [2.05, 4.69) is 9.88 Å². The first-order valence-electron chi connectivity index (χ1n) is 5.62. The van der Waals surface area contributed by atoms with Crippen molar-refractivity contribution in [2.24, 2.45) is 0 Å². The Labute approximate surface area is 95.7 Å². The van der Waals surface area contributed by atoms with Crippen LogP contribution in [0, 0.1) is 0 Å². The van der Waals surface area contributed by atoms with Gasteiger partial charge in [0.05, 0.1) is 0 Å². The average Bonchev–Trinajstić information content (AvgIpc) is 2.84. The lowest BCUT2D eigenvalue weighted by Gasteiger charge is -2.26. The van der Waals surface area contributed by atoms with Crippen molar-refractivity contribution >= 4 is 6.03 Å². The van der Waals surface area contributed by atoms with Crippen molar-refractivity contribution in [2.75, 3.05) is 27.2 Å². The highest BCUT2D eigenvalue weighted by Crippen LogP contribution is 2.18. The van der Waals surface area contributed by atoms with Gasteiger partial charge in [-0.05, 0) is 26.9 Å². The largest absolute Gasteiger partial charge is 0.329 e. The van der Waals surface area contributed by atoms with Crippen LogP contribution in [0.15, 0.2) is 18.7 Å². The minimum atomic E-state index is 0.0434. The lowest BCUT2D eigenvalue weighted by molar-refractivity contribution is 0.182. The number of carbonyl (C=O) groups excluding carboxylic acids is 1. The zero-order valence-corrected chi connectivity index (χ0v) is 9.83. The Kier molecular flexibility index (Phi) is 3.24. The molecule has 1 aliphatic heterocycles. The summed E-state index contributed by atoms with van der Waals surface area (Å²) in [5.74, 6) is 0. The maximum Gasteiger partial charge on any atom is 0.329 e. The van der Waals surface area contributed by atoms with Gasteiger partial charge in [0.25, 0.3) is 0 Å². The zero-order chi connectivity index (χ0) is 11.5. The van der Waals surface area contributed by atoms with Crippen LogP contribution in [0.2, 0.25) is 0 Å². The monoisotopic (exact) mass is 222 g/mol. The zero-order valence-electron chi connectivity index (χ0n) is 9.83. The Bertz CT molecular complexity index is 347. The molecule has 2 heterocycles. The summed E-state index contributed by atoms with van der Waals surface area (Å²) in [6.07, 6.45) is 7.09. The molecule has 0 radical (unpaired) electrons. The normalized spacial score (nSPS) is 20.7. The predicted molar refractivity (Wildman–Crippen MR) is 61.3 cm³/mol. The van der Waals surface area contributed by atoms with E-state index in [9.17, 15) is 4.79 Å². The van der Waals surface area contributed by atoms with Gasteiger partial charge in [0.15, 0.2) is 0 Å². The summed E-state index contributed by atoms with van der Waals surface area (Å²) in [4.78, 5) is 20.1. The molecule has 5 heteroatoms. The Hall–Kier alpha value is -1.36. The standard InChI is InChI=1S/C11H18N4O/c1-13(2)8-10-4-3-6-15(10)11(16)14-7-5-12-9-14/h5,7,9-10H,3-4,6,8H2,1-2H3. The van der Waals surface area contributed by atoms with E-state index in [1.54, 1.807) is 23.3 Å². The number of aromatic nitrogens is 2. The maximum absolute atomic E-state index is 12.1. The van der Waals surface area contributed by atoms with Crippen LogP contribution in [0.25, 0.3) is 0 Å². The Morgan fingerprint density at radius 1 is 1.56 bits per heavy atom. The van der Waals surface area contributed by atoms with Crippen LogP contribution < -0.4 is 0 Å². The van der Waals surface area contributed by atoms with Crippen LogP contribution in [0.4, 0.5) is 4.79 Å². The van der Waals surface area contributed by atoms with E-state index in [4.69, 9.17) is 0 Å². The maximum atomic E-state index is 12.1. The van der Waals surface area contributed by atoms with E-state index >= 15 is 0 Å². The van der Waals surface area contributed by atoms with E-state index in [1.165, 1.54) is 0 Å². The van der Waals surface area contributed by atoms with Gasteiger partial charge in [-0.1, -0.05) is 0 Å². The van der Waals surface area contributed by atoms with Crippen molar-refractivity contribution in [1.29, 1.82) is 0 Å². The van der Waals surface area contributed by atoms with Crippen LogP contribution in [0.5, 0.6) is 0 Å². The van der Waals surface area contributed by atoms with Gasteiger partial charge in [-0.3, -0.25) is 4.57 Å². The lowest BCUT2D eigenvalue weighted by atomic mass is 10.2. The molecule has 1 aromatic rings. The number of likely N-dealkylation sites (tertiary alicyclic amines) is 1. The summed E-state index contributed by atoms with van der Waals surface area (Å²) in [7, 11) is 4.08. The third-order valence-corrected chi connectivity index (χ3v) is 2.92. The average molecular weight is 222 g/mol. The van der Waals surface area contributed by atoms with E-state index in [-0.39, 0.29) is 6.03 Å². The van der Waals surface area contributed by atoms with Crippen LogP contribution in [-0.4, -0.2) is 58.6 Å². The number of rotatable bonds is 2. The first kappa shape index (κ1) is 11.1. The van der Waals surface area contributed by atoms with Gasteiger partial charge in [0.1, 0.15) is 6.33 Å². The number of amides is 1. The molecule has 16 heavy (non-hydrogen) atoms. The summed E-state index contributed by atoms with van der Waals surface area (Å²) in [5, 5.41) is 0. The SMILES string of the molecule is CN(C)CC1CCCN1C(=O)n1ccnc1. The second-order valence-electron chi connectivity index (χ2n) is 4.50. The smallest absolute Gasteiger partial charge is 0.320 e. The van der Waals surface area contributed by atoms with E-state index in [0.717, 1.165) is 25.9 Å². The van der Waals surface area contributed by atoms with Gasteiger partial charge in [-0.15, -0.1) is 0 Å². The molecule has 0 N–H and O–H groups in total. The Morgan fingerprint density at radius 3 is 3.00 bits per heavy atom. The Morgan fingerprint density at radius 2 is 2.38 bits per heavy atom. The number of hydrogen-bond acceptors (Lipinski definition) is 3. The molecule has 0 aromatic carbocycles. The molecule has 0 spiro atoms. The fraction of sp³-hybridized carbons (Fsp3) is 0.636. The first-order valence-corrected chi connectivity index (χ1v) is 5.62. The van der Waals surface area contributed by atoms with E-state index < -0.39 is 0 Å². The molecule has 1 amide bonds. The first-order chi connectivity index (χ1) is 7.68. The second kappa shape index (κ2) is 4.65. The van der Waals surface area contributed by atoms with Gasteiger partial charge in [0, 0.05) is 31.5 Å². The minimum Gasteiger partial charge on any atom is -0.320 e. The molecular weight excluding hydrogens is 204 g/mol. The number of hydrogen-bond donors (Lipinski definition) is 0. The van der Waals surface area contributed by atoms with E-state index in [1.807, 2.05) is 19.0 Å². The molecule has 0 bridgehead atoms. The molecule has 0 aliphatic carbocycles. The summed E-state index contributed by atoms with van der Waals surface area (Å²) in [6, 6.07) is 0.381. The predicted octanol–water partition coefficient (Wildman–Crippen LogP) is 0.877. The van der Waals surface area contributed by atoms with Crippen molar-refractivity contribution < 1.29 is 4.79 Å². The summed E-state index contributed by atoms with van der Waals surface area (Å²) in [6.45, 7) is 1.79. The summed E-state index contributed by atoms with van der Waals surface area (Å²) < 4.78 is 1.55. The molecule has 1 atom stereocenters. The second-order valence-corrected chi connectivity index (χ2v) is 4.50. The molecule has 1 saturated heterocycles. The summed E-state index contributed by atoms with van der Waals surface area (Å²) >= 11 is 0. The number of nitrogens with zero attached hydrogens (tertiary/aromatic N) is 4. The van der Waals surface area contributed by atoms with Crippen LogP contribution >= 0.6 is 0 Å². The molecule has 1 aliphatic rings. The number of carbonyl (C=O) groups is 1. The van der Waals surface area contributed by atoms with Crippen LogP contribution in [0.1, 0.15) is 12.8 Å². The third-order valence-electron chi connectivity index (χ3n) is 2.92. The van der Waals surface area contributed by atoms with E-state index in [0.29, 0.717) is 6.04 Å². The third kappa shape index (κ3) is 2.24. The molecule has 1 unspecified atom stereocenters. The van der Waals surface area contributed by atoms with Crippen LogP contribution in [0.3, 0.4) is 0 Å². The number of imidazole rings is 1. The van der Waals surface area contributed by atoms with Crippen molar-refractivity contribution in [2.45, 2.75) is 18.9 Å². The lowest BCUT2D eigenvalue weighted by Crippen LogP contribution is -2.42. The molecule has 0 saturated carbocycles. The molecule has 5 nitrogen and oxygen atoms in total. The van der Waals surface area contributed by atoms with Gasteiger partial charge >= 0.3 is 6.03 Å². The molecule has 88 valence electrons. The number of likely N-dealkylation sites (N-methyl/N-ethyl adjacent to an activating group) is 1. The fourth-order valence-corrected chi connectivity index (χ4v) is 2.22. The van der Waals surface area contributed by atoms with Gasteiger partial charge < -0.3 is 9.80 Å². The van der Waals surface area contributed by atoms with Gasteiger partial charge in [-0.25, -0.2) is 9.78 Å². The topological polar surface area (TPSA) is 41.4 Å². The minimum absolute atomic E-state index is 0.0434. The van der Waals surface area contributed by atoms with Crippen molar-refractivity contribution in [3.63, 3.8) is 0 Å². The Balaban J connectivity index is 2.05.